The molecule has 4 rings (SSSR count). The monoisotopic (exact) mass is 425 g/mol. The standard InChI is InChI=1S/C22H24ClN5O2/c1-13-17(14(2)30-27-13)11-20(29)28-9-4-3-8-19(28)21-18(12-25-22(24)26-21)15-6-5-7-16(23)10-15/h5-7,10,12,19H,3-4,8-9,11H2,1-2H3,(H2,24,25,26). The van der Waals surface area contributed by atoms with E-state index in [1.54, 1.807) is 6.20 Å². The van der Waals surface area contributed by atoms with E-state index in [4.69, 9.17) is 21.9 Å². The highest BCUT2D eigenvalue weighted by Gasteiger charge is 2.32. The van der Waals surface area contributed by atoms with Crippen molar-refractivity contribution in [2.45, 2.75) is 45.6 Å². The van der Waals surface area contributed by atoms with Crippen LogP contribution in [0, 0.1) is 13.8 Å². The Morgan fingerprint density at radius 2 is 2.17 bits per heavy atom. The number of hydrogen-bond acceptors (Lipinski definition) is 6. The minimum Gasteiger partial charge on any atom is -0.368 e. The Bertz CT molecular complexity index is 1060. The first-order valence-electron chi connectivity index (χ1n) is 10.0. The molecule has 1 amide bonds. The summed E-state index contributed by atoms with van der Waals surface area (Å²) in [4.78, 5) is 24.0. The maximum atomic E-state index is 13.3. The molecule has 1 aliphatic rings. The number of nitrogens with two attached hydrogens (primary N) is 1. The summed E-state index contributed by atoms with van der Waals surface area (Å²) in [6, 6.07) is 7.37. The fraction of sp³-hybridized carbons (Fsp3) is 0.364. The van der Waals surface area contributed by atoms with E-state index in [0.717, 1.165) is 47.3 Å². The largest absolute Gasteiger partial charge is 0.368 e. The van der Waals surface area contributed by atoms with Gasteiger partial charge in [-0.2, -0.15) is 0 Å². The van der Waals surface area contributed by atoms with Crippen molar-refractivity contribution in [3.63, 3.8) is 0 Å². The number of carbonyl (C=O) groups is 1. The van der Waals surface area contributed by atoms with Crippen LogP contribution in [0.4, 0.5) is 5.95 Å². The highest BCUT2D eigenvalue weighted by atomic mass is 35.5. The predicted octanol–water partition coefficient (Wildman–Crippen LogP) is 4.28. The summed E-state index contributed by atoms with van der Waals surface area (Å²) in [6.45, 7) is 4.36. The lowest BCUT2D eigenvalue weighted by Crippen LogP contribution is -2.40. The molecule has 3 heterocycles. The highest BCUT2D eigenvalue weighted by Crippen LogP contribution is 2.37. The number of nitrogens with zero attached hydrogens (tertiary/aromatic N) is 4. The topological polar surface area (TPSA) is 98.1 Å². The molecule has 2 N–H and O–H groups in total. The van der Waals surface area contributed by atoms with Crippen LogP contribution in [-0.2, 0) is 11.2 Å². The van der Waals surface area contributed by atoms with E-state index in [9.17, 15) is 4.79 Å². The van der Waals surface area contributed by atoms with Crippen LogP contribution in [0.25, 0.3) is 11.1 Å². The van der Waals surface area contributed by atoms with Crippen molar-refractivity contribution in [1.29, 1.82) is 0 Å². The average Bonchev–Trinajstić information content (AvgIpc) is 3.05. The third-order valence-electron chi connectivity index (χ3n) is 5.62. The number of benzene rings is 1. The van der Waals surface area contributed by atoms with Crippen LogP contribution < -0.4 is 5.73 Å². The molecule has 1 saturated heterocycles. The third-order valence-corrected chi connectivity index (χ3v) is 5.86. The van der Waals surface area contributed by atoms with Crippen molar-refractivity contribution >= 4 is 23.5 Å². The van der Waals surface area contributed by atoms with Crippen molar-refractivity contribution < 1.29 is 9.32 Å². The van der Waals surface area contributed by atoms with Crippen molar-refractivity contribution in [2.75, 3.05) is 12.3 Å². The number of halogens is 1. The third kappa shape index (κ3) is 4.03. The zero-order valence-corrected chi connectivity index (χ0v) is 17.8. The summed E-state index contributed by atoms with van der Waals surface area (Å²) < 4.78 is 5.23. The van der Waals surface area contributed by atoms with Gasteiger partial charge >= 0.3 is 0 Å². The molecule has 30 heavy (non-hydrogen) atoms. The molecule has 3 aromatic rings. The highest BCUT2D eigenvalue weighted by molar-refractivity contribution is 6.30. The Balaban J connectivity index is 1.71. The summed E-state index contributed by atoms with van der Waals surface area (Å²) in [5.41, 5.74) is 10.0. The zero-order valence-electron chi connectivity index (χ0n) is 17.1. The molecule has 1 atom stereocenters. The molecule has 0 bridgehead atoms. The van der Waals surface area contributed by atoms with E-state index < -0.39 is 0 Å². The van der Waals surface area contributed by atoms with Gasteiger partial charge in [-0.25, -0.2) is 9.97 Å². The molecule has 156 valence electrons. The zero-order chi connectivity index (χ0) is 21.3. The predicted molar refractivity (Wildman–Crippen MR) is 115 cm³/mol. The van der Waals surface area contributed by atoms with Crippen LogP contribution in [0.2, 0.25) is 5.02 Å². The number of anilines is 1. The lowest BCUT2D eigenvalue weighted by atomic mass is 9.93. The van der Waals surface area contributed by atoms with E-state index in [1.807, 2.05) is 43.0 Å². The van der Waals surface area contributed by atoms with Gasteiger partial charge in [0.15, 0.2) is 0 Å². The van der Waals surface area contributed by atoms with Gasteiger partial charge in [-0.15, -0.1) is 0 Å². The van der Waals surface area contributed by atoms with Crippen LogP contribution in [-0.4, -0.2) is 32.5 Å². The van der Waals surface area contributed by atoms with Crippen LogP contribution in [0.1, 0.15) is 48.0 Å². The van der Waals surface area contributed by atoms with Crippen LogP contribution in [0.15, 0.2) is 35.0 Å². The minimum atomic E-state index is -0.175. The van der Waals surface area contributed by atoms with Crippen molar-refractivity contribution in [3.05, 3.63) is 58.2 Å². The molecule has 0 radical (unpaired) electrons. The maximum Gasteiger partial charge on any atom is 0.227 e. The number of rotatable bonds is 4. The molecule has 1 unspecified atom stereocenters. The first-order valence-corrected chi connectivity index (χ1v) is 10.4. The maximum absolute atomic E-state index is 13.3. The summed E-state index contributed by atoms with van der Waals surface area (Å²) in [5, 5.41) is 4.60. The van der Waals surface area contributed by atoms with Crippen molar-refractivity contribution in [3.8, 4) is 11.1 Å². The summed E-state index contributed by atoms with van der Waals surface area (Å²) in [7, 11) is 0. The summed E-state index contributed by atoms with van der Waals surface area (Å²) >= 11 is 6.21. The van der Waals surface area contributed by atoms with Crippen molar-refractivity contribution in [2.24, 2.45) is 0 Å². The average molecular weight is 426 g/mol. The summed E-state index contributed by atoms with van der Waals surface area (Å²) in [5.74, 6) is 0.906. The first kappa shape index (κ1) is 20.3. The molecule has 0 aliphatic carbocycles. The van der Waals surface area contributed by atoms with E-state index in [0.29, 0.717) is 17.3 Å². The molecule has 7 nitrogen and oxygen atoms in total. The Labute approximate surface area is 180 Å². The van der Waals surface area contributed by atoms with Gasteiger partial charge in [-0.3, -0.25) is 4.79 Å². The molecule has 0 saturated carbocycles. The molecule has 2 aromatic heterocycles. The van der Waals surface area contributed by atoms with Crippen molar-refractivity contribution in [1.82, 2.24) is 20.0 Å². The second-order valence-corrected chi connectivity index (χ2v) is 8.05. The van der Waals surface area contributed by atoms with Gasteiger partial charge in [0.05, 0.1) is 23.9 Å². The number of carbonyl (C=O) groups excluding carboxylic acids is 1. The van der Waals surface area contributed by atoms with Gasteiger partial charge < -0.3 is 15.2 Å². The Kier molecular flexibility index (Phi) is 5.72. The second kappa shape index (κ2) is 8.44. The molecular weight excluding hydrogens is 402 g/mol. The minimum absolute atomic E-state index is 0.0309. The molecule has 1 fully saturated rings. The number of nitrogen functional groups attached to an aromatic ring is 1. The van der Waals surface area contributed by atoms with Gasteiger partial charge in [0.25, 0.3) is 0 Å². The van der Waals surface area contributed by atoms with Crippen LogP contribution in [0.3, 0.4) is 0 Å². The molecule has 1 aromatic carbocycles. The number of likely N-dealkylation sites (tertiary alicyclic amines) is 1. The van der Waals surface area contributed by atoms with Gasteiger partial charge in [-0.1, -0.05) is 28.9 Å². The SMILES string of the molecule is Cc1noc(C)c1CC(=O)N1CCCCC1c1nc(N)ncc1-c1cccc(Cl)c1. The Morgan fingerprint density at radius 1 is 1.33 bits per heavy atom. The fourth-order valence-electron chi connectivity index (χ4n) is 4.06. The number of amides is 1. The molecule has 0 spiro atoms. The lowest BCUT2D eigenvalue weighted by Gasteiger charge is -2.36. The summed E-state index contributed by atoms with van der Waals surface area (Å²) in [6.07, 6.45) is 4.76. The quantitative estimate of drug-likeness (QED) is 0.669. The number of aromatic nitrogens is 3. The van der Waals surface area contributed by atoms with Crippen LogP contribution >= 0.6 is 11.6 Å². The van der Waals surface area contributed by atoms with E-state index in [-0.39, 0.29) is 24.3 Å². The normalized spacial score (nSPS) is 16.6. The van der Waals surface area contributed by atoms with E-state index in [2.05, 4.69) is 15.1 Å². The molecule has 8 heteroatoms. The second-order valence-electron chi connectivity index (χ2n) is 7.62. The van der Waals surface area contributed by atoms with Crippen LogP contribution in [0.5, 0.6) is 0 Å². The van der Waals surface area contributed by atoms with E-state index in [1.165, 1.54) is 0 Å². The van der Waals surface area contributed by atoms with Gasteiger partial charge in [0, 0.05) is 28.9 Å². The smallest absolute Gasteiger partial charge is 0.227 e. The molecular formula is C22H24ClN5O2. The first-order chi connectivity index (χ1) is 14.4. The van der Waals surface area contributed by atoms with Gasteiger partial charge in [0.2, 0.25) is 11.9 Å². The number of aryl methyl sites for hydroxylation is 2. The molecule has 1 aliphatic heterocycles. The Morgan fingerprint density at radius 3 is 2.90 bits per heavy atom. The lowest BCUT2D eigenvalue weighted by molar-refractivity contribution is -0.134. The Hall–Kier alpha value is -2.93. The fourth-order valence-corrected chi connectivity index (χ4v) is 4.25. The van der Waals surface area contributed by atoms with Gasteiger partial charge in [0.1, 0.15) is 5.76 Å². The number of piperidine rings is 1. The van der Waals surface area contributed by atoms with E-state index >= 15 is 0 Å². The number of hydrogen-bond donors (Lipinski definition) is 1. The van der Waals surface area contributed by atoms with Gasteiger partial charge in [-0.05, 0) is 50.8 Å².